The molecule has 0 saturated carbocycles. The van der Waals surface area contributed by atoms with Gasteiger partial charge in [0.25, 0.3) is 0 Å². The van der Waals surface area contributed by atoms with Gasteiger partial charge in [-0.15, -0.1) is 0 Å². The topological polar surface area (TPSA) is 24.1 Å². The van der Waals surface area contributed by atoms with E-state index in [0.717, 1.165) is 19.5 Å². The predicted molar refractivity (Wildman–Crippen MR) is 58.1 cm³/mol. The SMILES string of the molecule is CCCCNCCNPI. The standard InChI is InChI=1S/C6H16IN2P/c1-2-3-4-8-5-6-9-10-7/h8-10H,2-6H2,1H3. The first-order valence-corrected chi connectivity index (χ1v) is 7.82. The van der Waals surface area contributed by atoms with Crippen LogP contribution in [0.15, 0.2) is 0 Å². The first-order valence-electron chi connectivity index (χ1n) is 3.71. The Hall–Kier alpha value is 1.08. The van der Waals surface area contributed by atoms with Crippen molar-refractivity contribution in [1.29, 1.82) is 0 Å². The molecule has 62 valence electrons. The van der Waals surface area contributed by atoms with Crippen molar-refractivity contribution in [2.75, 3.05) is 19.6 Å². The van der Waals surface area contributed by atoms with Gasteiger partial charge >= 0.3 is 0 Å². The van der Waals surface area contributed by atoms with Crippen LogP contribution in [0.2, 0.25) is 0 Å². The second-order valence-corrected chi connectivity index (χ2v) is 4.29. The number of hydrogen-bond donors (Lipinski definition) is 2. The van der Waals surface area contributed by atoms with Crippen molar-refractivity contribution in [2.24, 2.45) is 0 Å². The lowest BCUT2D eigenvalue weighted by molar-refractivity contribution is 0.638. The molecule has 0 aromatic carbocycles. The molecule has 0 rings (SSSR count). The highest BCUT2D eigenvalue weighted by atomic mass is 127. The predicted octanol–water partition coefficient (Wildman–Crippen LogP) is 1.91. The summed E-state index contributed by atoms with van der Waals surface area (Å²) in [5.74, 6) is 0. The van der Waals surface area contributed by atoms with Gasteiger partial charge in [-0.3, -0.25) is 5.09 Å². The summed E-state index contributed by atoms with van der Waals surface area (Å²) in [6, 6.07) is 0. The van der Waals surface area contributed by atoms with E-state index < -0.39 is 0 Å². The van der Waals surface area contributed by atoms with Crippen LogP contribution in [0.1, 0.15) is 19.8 Å². The fourth-order valence-corrected chi connectivity index (χ4v) is 1.65. The molecule has 1 atom stereocenters. The lowest BCUT2D eigenvalue weighted by Crippen LogP contribution is -2.23. The molecule has 0 bridgehead atoms. The van der Waals surface area contributed by atoms with Crippen molar-refractivity contribution in [3.8, 4) is 0 Å². The first kappa shape index (κ1) is 11.1. The maximum absolute atomic E-state index is 3.36. The number of hydrogen-bond acceptors (Lipinski definition) is 2. The van der Waals surface area contributed by atoms with Crippen LogP contribution < -0.4 is 10.4 Å². The molecule has 1 unspecified atom stereocenters. The van der Waals surface area contributed by atoms with Crippen LogP contribution in [-0.2, 0) is 0 Å². The molecule has 0 aliphatic rings. The lowest BCUT2D eigenvalue weighted by Gasteiger charge is -2.02. The highest BCUT2D eigenvalue weighted by Gasteiger charge is 1.84. The molecule has 0 spiro atoms. The molecule has 4 heteroatoms. The minimum atomic E-state index is 0.850. The Morgan fingerprint density at radius 2 is 2.10 bits per heavy atom. The van der Waals surface area contributed by atoms with Gasteiger partial charge in [0, 0.05) is 19.5 Å². The van der Waals surface area contributed by atoms with Gasteiger partial charge in [0.05, 0.1) is 0 Å². The third-order valence-corrected chi connectivity index (χ3v) is 2.73. The number of rotatable bonds is 7. The molecule has 0 heterocycles. The van der Waals surface area contributed by atoms with Crippen molar-refractivity contribution in [1.82, 2.24) is 10.4 Å². The zero-order valence-electron chi connectivity index (χ0n) is 6.41. The second-order valence-electron chi connectivity index (χ2n) is 2.12. The Morgan fingerprint density at radius 3 is 2.70 bits per heavy atom. The van der Waals surface area contributed by atoms with Crippen molar-refractivity contribution in [3.05, 3.63) is 0 Å². The summed E-state index contributed by atoms with van der Waals surface area (Å²) >= 11 is 2.34. The van der Waals surface area contributed by atoms with E-state index in [4.69, 9.17) is 0 Å². The highest BCUT2D eigenvalue weighted by molar-refractivity contribution is 14.2. The third kappa shape index (κ3) is 9.08. The molecule has 0 aliphatic heterocycles. The van der Waals surface area contributed by atoms with Crippen LogP contribution >= 0.6 is 28.4 Å². The molecule has 0 saturated heterocycles. The van der Waals surface area contributed by atoms with Crippen molar-refractivity contribution in [2.45, 2.75) is 19.8 Å². The van der Waals surface area contributed by atoms with E-state index >= 15 is 0 Å². The molecular weight excluding hydrogens is 258 g/mol. The lowest BCUT2D eigenvalue weighted by atomic mass is 10.3. The first-order chi connectivity index (χ1) is 4.91. The molecule has 10 heavy (non-hydrogen) atoms. The summed E-state index contributed by atoms with van der Waals surface area (Å²) in [5, 5.41) is 6.64. The summed E-state index contributed by atoms with van der Waals surface area (Å²) in [6.07, 6.45) is 3.43. The molecule has 0 aromatic heterocycles. The average molecular weight is 274 g/mol. The van der Waals surface area contributed by atoms with E-state index in [1.165, 1.54) is 19.4 Å². The van der Waals surface area contributed by atoms with Crippen LogP contribution in [0.3, 0.4) is 0 Å². The molecule has 0 aromatic rings. The Kier molecular flexibility index (Phi) is 11.2. The molecule has 2 nitrogen and oxygen atoms in total. The van der Waals surface area contributed by atoms with Crippen molar-refractivity contribution < 1.29 is 0 Å². The summed E-state index contributed by atoms with van der Waals surface area (Å²) in [6.45, 7) is 5.59. The fourth-order valence-electron chi connectivity index (χ4n) is 0.625. The monoisotopic (exact) mass is 274 g/mol. The summed E-state index contributed by atoms with van der Waals surface area (Å²) < 4.78 is 0. The Balaban J connectivity index is 2.65. The summed E-state index contributed by atoms with van der Waals surface area (Å²) in [4.78, 5) is 0. The van der Waals surface area contributed by atoms with Crippen molar-refractivity contribution >= 4 is 28.4 Å². The van der Waals surface area contributed by atoms with Crippen LogP contribution in [0.25, 0.3) is 0 Å². The second kappa shape index (κ2) is 10.1. The van der Waals surface area contributed by atoms with E-state index in [1.807, 2.05) is 0 Å². The zero-order valence-corrected chi connectivity index (χ0v) is 9.57. The minimum absolute atomic E-state index is 0.850. The maximum Gasteiger partial charge on any atom is 0.0134 e. The molecule has 2 N–H and O–H groups in total. The maximum atomic E-state index is 3.36. The van der Waals surface area contributed by atoms with Gasteiger partial charge in [0.1, 0.15) is 0 Å². The third-order valence-electron chi connectivity index (χ3n) is 1.20. The largest absolute Gasteiger partial charge is 0.315 e. The van der Waals surface area contributed by atoms with Gasteiger partial charge in [-0.25, -0.2) is 0 Å². The highest BCUT2D eigenvalue weighted by Crippen LogP contribution is 2.12. The Labute approximate surface area is 78.2 Å². The van der Waals surface area contributed by atoms with E-state index in [1.54, 1.807) is 0 Å². The summed E-state index contributed by atoms with van der Waals surface area (Å²) in [7, 11) is 0. The summed E-state index contributed by atoms with van der Waals surface area (Å²) in [5.41, 5.74) is 0. The number of halogens is 1. The fraction of sp³-hybridized carbons (Fsp3) is 1.00. The van der Waals surface area contributed by atoms with Gasteiger partial charge in [-0.05, 0) is 35.0 Å². The quantitative estimate of drug-likeness (QED) is 0.421. The smallest absolute Gasteiger partial charge is 0.0134 e. The van der Waals surface area contributed by atoms with Gasteiger partial charge in [-0.2, -0.15) is 0 Å². The van der Waals surface area contributed by atoms with E-state index in [0.29, 0.717) is 0 Å². The van der Waals surface area contributed by atoms with Crippen LogP contribution in [0.4, 0.5) is 0 Å². The Bertz CT molecular complexity index is 55.7. The van der Waals surface area contributed by atoms with Gasteiger partial charge in [0.2, 0.25) is 0 Å². The minimum Gasteiger partial charge on any atom is -0.315 e. The molecule has 0 fully saturated rings. The van der Waals surface area contributed by atoms with E-state index in [9.17, 15) is 0 Å². The number of nitrogens with one attached hydrogen (secondary N) is 2. The normalized spacial score (nSPS) is 11.4. The Morgan fingerprint density at radius 1 is 1.30 bits per heavy atom. The van der Waals surface area contributed by atoms with Crippen LogP contribution in [0.5, 0.6) is 0 Å². The van der Waals surface area contributed by atoms with Crippen molar-refractivity contribution in [3.63, 3.8) is 0 Å². The van der Waals surface area contributed by atoms with E-state index in [2.05, 4.69) is 39.4 Å². The van der Waals surface area contributed by atoms with Gasteiger partial charge < -0.3 is 5.32 Å². The van der Waals surface area contributed by atoms with E-state index in [-0.39, 0.29) is 0 Å². The molecule has 0 radical (unpaired) electrons. The molecular formula is C6H16IN2P. The van der Waals surface area contributed by atoms with Gasteiger partial charge in [0.15, 0.2) is 0 Å². The van der Waals surface area contributed by atoms with Gasteiger partial charge in [-0.1, -0.05) is 13.3 Å². The number of unbranched alkanes of at least 4 members (excludes halogenated alkanes) is 1. The average Bonchev–Trinajstić information content (AvgIpc) is 1.97. The van der Waals surface area contributed by atoms with Crippen LogP contribution in [0, 0.1) is 0 Å². The molecule has 0 amide bonds. The zero-order chi connectivity index (χ0) is 7.66. The molecule has 0 aliphatic carbocycles. The van der Waals surface area contributed by atoms with Crippen LogP contribution in [-0.4, -0.2) is 19.6 Å².